The Morgan fingerprint density at radius 3 is 2.03 bits per heavy atom. The van der Waals surface area contributed by atoms with E-state index in [0.29, 0.717) is 16.8 Å². The summed E-state index contributed by atoms with van der Waals surface area (Å²) in [5, 5.41) is 8.45. The third-order valence-electron chi connectivity index (χ3n) is 4.39. The largest absolute Gasteiger partial charge is 0.346 e. The van der Waals surface area contributed by atoms with Gasteiger partial charge in [0.1, 0.15) is 5.82 Å². The molecule has 5 nitrogen and oxygen atoms in total. The molecule has 0 saturated carbocycles. The Hall–Kier alpha value is -3.58. The molecule has 2 amide bonds. The molecule has 0 aliphatic heterocycles. The summed E-state index contributed by atoms with van der Waals surface area (Å²) in [4.78, 5) is 24.6. The average molecular weight is 421 g/mol. The minimum Gasteiger partial charge on any atom is -0.346 e. The number of benzene rings is 3. The number of anilines is 1. The summed E-state index contributed by atoms with van der Waals surface area (Å²) in [6, 6.07) is 21.4. The second kappa shape index (κ2) is 9.76. The lowest BCUT2D eigenvalue weighted by atomic mass is 10.1. The van der Waals surface area contributed by atoms with Gasteiger partial charge in [-0.1, -0.05) is 30.3 Å². The zero-order valence-corrected chi connectivity index (χ0v) is 17.0. The van der Waals surface area contributed by atoms with Crippen molar-refractivity contribution in [1.29, 1.82) is 0 Å². The number of carbonyl (C=O) groups is 2. The van der Waals surface area contributed by atoms with Crippen LogP contribution in [0.2, 0.25) is 0 Å². The van der Waals surface area contributed by atoms with Gasteiger partial charge in [0.25, 0.3) is 11.8 Å². The predicted molar refractivity (Wildman–Crippen MR) is 119 cm³/mol. The van der Waals surface area contributed by atoms with Gasteiger partial charge in [-0.3, -0.25) is 14.9 Å². The third kappa shape index (κ3) is 5.71. The van der Waals surface area contributed by atoms with Crippen molar-refractivity contribution in [2.24, 2.45) is 0 Å². The summed E-state index contributed by atoms with van der Waals surface area (Å²) in [6.07, 6.45) is 0. The summed E-state index contributed by atoms with van der Waals surface area (Å²) in [5.41, 5.74) is 2.43. The molecule has 3 rings (SSSR count). The van der Waals surface area contributed by atoms with Gasteiger partial charge in [0.05, 0.1) is 6.04 Å². The zero-order valence-electron chi connectivity index (χ0n) is 16.2. The second-order valence-corrected chi connectivity index (χ2v) is 7.01. The van der Waals surface area contributed by atoms with E-state index >= 15 is 0 Å². The van der Waals surface area contributed by atoms with Crippen LogP contribution in [0.1, 0.15) is 39.2 Å². The molecule has 7 heteroatoms. The van der Waals surface area contributed by atoms with Crippen molar-refractivity contribution in [2.75, 3.05) is 5.32 Å². The van der Waals surface area contributed by atoms with Gasteiger partial charge in [-0.2, -0.15) is 0 Å². The van der Waals surface area contributed by atoms with E-state index in [1.165, 1.54) is 24.3 Å². The summed E-state index contributed by atoms with van der Waals surface area (Å²) in [6.45, 7) is 1.92. The summed E-state index contributed by atoms with van der Waals surface area (Å²) in [5.74, 6) is -1.06. The molecule has 0 heterocycles. The maximum absolute atomic E-state index is 12.9. The molecule has 3 aromatic carbocycles. The number of halogens is 1. The van der Waals surface area contributed by atoms with Crippen molar-refractivity contribution in [2.45, 2.75) is 13.0 Å². The Labute approximate surface area is 179 Å². The van der Waals surface area contributed by atoms with E-state index in [2.05, 4.69) is 16.0 Å². The highest BCUT2D eigenvalue weighted by Crippen LogP contribution is 2.14. The third-order valence-corrected chi connectivity index (χ3v) is 4.59. The number of nitrogens with one attached hydrogen (secondary N) is 3. The first-order chi connectivity index (χ1) is 14.4. The van der Waals surface area contributed by atoms with Crippen LogP contribution in [0.4, 0.5) is 10.1 Å². The Kier molecular flexibility index (Phi) is 6.87. The second-order valence-electron chi connectivity index (χ2n) is 6.60. The fourth-order valence-electron chi connectivity index (χ4n) is 2.75. The minimum atomic E-state index is -0.446. The maximum Gasteiger partial charge on any atom is 0.257 e. The van der Waals surface area contributed by atoms with Crippen molar-refractivity contribution in [3.63, 3.8) is 0 Å². The molecule has 30 heavy (non-hydrogen) atoms. The molecule has 0 saturated heterocycles. The molecule has 3 aromatic rings. The standard InChI is InChI=1S/C23H20FN3O2S/c1-15(16-5-3-2-4-6-16)25-21(28)18-9-13-20(14-10-18)26-23(30)27-22(29)17-7-11-19(24)12-8-17/h2-15H,1H3,(H,25,28)(H2,26,27,29,30). The van der Waals surface area contributed by atoms with Crippen molar-refractivity contribution in [3.05, 3.63) is 101 Å². The minimum absolute atomic E-state index is 0.0965. The monoisotopic (exact) mass is 421 g/mol. The highest BCUT2D eigenvalue weighted by molar-refractivity contribution is 7.80. The molecule has 3 N–H and O–H groups in total. The molecule has 1 atom stereocenters. The number of thiocarbonyl (C=S) groups is 1. The smallest absolute Gasteiger partial charge is 0.257 e. The normalized spacial score (nSPS) is 11.3. The number of hydrogen-bond acceptors (Lipinski definition) is 3. The van der Waals surface area contributed by atoms with Gasteiger partial charge < -0.3 is 10.6 Å². The van der Waals surface area contributed by atoms with E-state index < -0.39 is 11.7 Å². The summed E-state index contributed by atoms with van der Waals surface area (Å²) in [7, 11) is 0. The lowest BCUT2D eigenvalue weighted by molar-refractivity contribution is 0.0938. The van der Waals surface area contributed by atoms with Gasteiger partial charge in [0.2, 0.25) is 0 Å². The van der Waals surface area contributed by atoms with Crippen LogP contribution in [0.25, 0.3) is 0 Å². The van der Waals surface area contributed by atoms with Crippen LogP contribution in [0.5, 0.6) is 0 Å². The fourth-order valence-corrected chi connectivity index (χ4v) is 2.96. The van der Waals surface area contributed by atoms with Gasteiger partial charge in [-0.05, 0) is 73.2 Å². The van der Waals surface area contributed by atoms with Gasteiger partial charge in [0, 0.05) is 16.8 Å². The number of carbonyl (C=O) groups excluding carboxylic acids is 2. The molecule has 0 bridgehead atoms. The Balaban J connectivity index is 1.54. The van der Waals surface area contributed by atoms with Gasteiger partial charge >= 0.3 is 0 Å². The van der Waals surface area contributed by atoms with Crippen LogP contribution < -0.4 is 16.0 Å². The van der Waals surface area contributed by atoms with Gasteiger partial charge in [-0.15, -0.1) is 0 Å². The van der Waals surface area contributed by atoms with E-state index in [9.17, 15) is 14.0 Å². The highest BCUT2D eigenvalue weighted by Gasteiger charge is 2.12. The quantitative estimate of drug-likeness (QED) is 0.533. The summed E-state index contributed by atoms with van der Waals surface area (Å²) >= 11 is 5.14. The number of hydrogen-bond donors (Lipinski definition) is 3. The SMILES string of the molecule is CC(NC(=O)c1ccc(NC(=S)NC(=O)c2ccc(F)cc2)cc1)c1ccccc1. The Morgan fingerprint density at radius 1 is 0.833 bits per heavy atom. The van der Waals surface area contributed by atoms with Crippen molar-refractivity contribution >= 4 is 34.8 Å². The Morgan fingerprint density at radius 2 is 1.40 bits per heavy atom. The molecule has 0 fully saturated rings. The number of rotatable bonds is 5. The van der Waals surface area contributed by atoms with Crippen LogP contribution in [0.15, 0.2) is 78.9 Å². The summed E-state index contributed by atoms with van der Waals surface area (Å²) < 4.78 is 12.9. The average Bonchev–Trinajstić information content (AvgIpc) is 2.75. The molecule has 0 spiro atoms. The lowest BCUT2D eigenvalue weighted by Gasteiger charge is -2.15. The van der Waals surface area contributed by atoms with Crippen LogP contribution in [0.3, 0.4) is 0 Å². The van der Waals surface area contributed by atoms with Gasteiger partial charge in [0.15, 0.2) is 5.11 Å². The van der Waals surface area contributed by atoms with E-state index in [-0.39, 0.29) is 17.1 Å². The first-order valence-corrected chi connectivity index (χ1v) is 9.67. The van der Waals surface area contributed by atoms with Gasteiger partial charge in [-0.25, -0.2) is 4.39 Å². The van der Waals surface area contributed by atoms with E-state index in [4.69, 9.17) is 12.2 Å². The van der Waals surface area contributed by atoms with E-state index in [1.54, 1.807) is 24.3 Å². The molecule has 1 unspecified atom stereocenters. The zero-order chi connectivity index (χ0) is 21.5. The van der Waals surface area contributed by atoms with Crippen molar-refractivity contribution in [3.8, 4) is 0 Å². The predicted octanol–water partition coefficient (Wildman–Crippen LogP) is 4.44. The molecule has 152 valence electrons. The molecule has 0 aliphatic carbocycles. The maximum atomic E-state index is 12.9. The van der Waals surface area contributed by atoms with Crippen LogP contribution in [-0.4, -0.2) is 16.9 Å². The van der Waals surface area contributed by atoms with Crippen molar-refractivity contribution in [1.82, 2.24) is 10.6 Å². The first kappa shape index (κ1) is 21.1. The number of amides is 2. The first-order valence-electron chi connectivity index (χ1n) is 9.26. The molecular formula is C23H20FN3O2S. The van der Waals surface area contributed by atoms with Crippen LogP contribution >= 0.6 is 12.2 Å². The fraction of sp³-hybridized carbons (Fsp3) is 0.0870. The Bertz CT molecular complexity index is 1040. The van der Waals surface area contributed by atoms with E-state index in [1.807, 2.05) is 37.3 Å². The molecule has 0 radical (unpaired) electrons. The van der Waals surface area contributed by atoms with Crippen LogP contribution in [-0.2, 0) is 0 Å². The highest BCUT2D eigenvalue weighted by atomic mass is 32.1. The molecule has 0 aliphatic rings. The van der Waals surface area contributed by atoms with E-state index in [0.717, 1.165) is 5.56 Å². The molecular weight excluding hydrogens is 401 g/mol. The van der Waals surface area contributed by atoms with Crippen molar-refractivity contribution < 1.29 is 14.0 Å². The topological polar surface area (TPSA) is 70.2 Å². The van der Waals surface area contributed by atoms with Crippen LogP contribution in [0, 0.1) is 5.82 Å². The lowest BCUT2D eigenvalue weighted by Crippen LogP contribution is -2.34. The molecule has 0 aromatic heterocycles.